The molecule has 0 unspecified atom stereocenters. The number of nitriles is 1. The van der Waals surface area contributed by atoms with E-state index in [2.05, 4.69) is 49.8 Å². The van der Waals surface area contributed by atoms with E-state index in [0.717, 1.165) is 37.6 Å². The molecule has 1 aliphatic carbocycles. The van der Waals surface area contributed by atoms with E-state index in [9.17, 15) is 0 Å². The van der Waals surface area contributed by atoms with Crippen LogP contribution in [-0.2, 0) is 0 Å². The molecule has 0 amide bonds. The Hall–Kier alpha value is -3.07. The van der Waals surface area contributed by atoms with Crippen molar-refractivity contribution in [3.63, 3.8) is 0 Å². The van der Waals surface area contributed by atoms with Crippen LogP contribution in [0.5, 0.6) is 0 Å². The number of pyridine rings is 2. The summed E-state index contributed by atoms with van der Waals surface area (Å²) in [5.41, 5.74) is 4.12. The molecule has 26 heavy (non-hydrogen) atoms. The lowest BCUT2D eigenvalue weighted by Gasteiger charge is -2.36. The van der Waals surface area contributed by atoms with E-state index in [1.54, 1.807) is 6.20 Å². The summed E-state index contributed by atoms with van der Waals surface area (Å²) in [5, 5.41) is 8.89. The van der Waals surface area contributed by atoms with Crippen molar-refractivity contribution < 1.29 is 0 Å². The smallest absolute Gasteiger partial charge is 0.137 e. The molecule has 0 radical (unpaired) electrons. The average Bonchev–Trinajstić information content (AvgIpc) is 3.47. The van der Waals surface area contributed by atoms with Gasteiger partial charge in [0.15, 0.2) is 0 Å². The highest BCUT2D eigenvalue weighted by Gasteiger charge is 2.26. The first kappa shape index (κ1) is 15.2. The Bertz CT molecular complexity index is 972. The van der Waals surface area contributed by atoms with Gasteiger partial charge < -0.3 is 14.2 Å². The lowest BCUT2D eigenvalue weighted by molar-refractivity contribution is 0.646. The third-order valence-electron chi connectivity index (χ3n) is 5.30. The highest BCUT2D eigenvalue weighted by Crippen LogP contribution is 2.39. The molecule has 0 N–H and O–H groups in total. The van der Waals surface area contributed by atoms with E-state index in [4.69, 9.17) is 10.2 Å². The van der Waals surface area contributed by atoms with Crippen molar-refractivity contribution in [2.45, 2.75) is 18.8 Å². The van der Waals surface area contributed by atoms with Crippen LogP contribution in [0.25, 0.3) is 5.65 Å². The molecule has 0 aromatic carbocycles. The van der Waals surface area contributed by atoms with Crippen LogP contribution < -0.4 is 9.80 Å². The highest BCUT2D eigenvalue weighted by atomic mass is 15.3. The van der Waals surface area contributed by atoms with Gasteiger partial charge in [-0.25, -0.2) is 9.97 Å². The molecule has 2 fully saturated rings. The fourth-order valence-electron chi connectivity index (χ4n) is 3.60. The molecule has 6 heteroatoms. The van der Waals surface area contributed by atoms with Gasteiger partial charge >= 0.3 is 0 Å². The van der Waals surface area contributed by atoms with E-state index < -0.39 is 0 Å². The second kappa shape index (κ2) is 6.03. The molecule has 0 spiro atoms. The minimum atomic E-state index is 0.603. The largest absolute Gasteiger partial charge is 0.367 e. The zero-order valence-corrected chi connectivity index (χ0v) is 14.5. The maximum absolute atomic E-state index is 8.89. The van der Waals surface area contributed by atoms with Gasteiger partial charge in [0.05, 0.1) is 16.9 Å². The molecule has 1 saturated heterocycles. The molecule has 1 aliphatic heterocycles. The first-order valence-electron chi connectivity index (χ1n) is 9.15. The zero-order chi connectivity index (χ0) is 17.5. The Morgan fingerprint density at radius 1 is 0.962 bits per heavy atom. The minimum Gasteiger partial charge on any atom is -0.367 e. The van der Waals surface area contributed by atoms with Gasteiger partial charge in [-0.15, -0.1) is 0 Å². The van der Waals surface area contributed by atoms with Gasteiger partial charge in [-0.1, -0.05) is 0 Å². The van der Waals surface area contributed by atoms with Gasteiger partial charge in [0.25, 0.3) is 0 Å². The van der Waals surface area contributed by atoms with Crippen molar-refractivity contribution >= 4 is 17.2 Å². The lowest BCUT2D eigenvalue weighted by Crippen LogP contribution is -2.46. The number of rotatable bonds is 3. The van der Waals surface area contributed by atoms with Crippen LogP contribution in [0.2, 0.25) is 0 Å². The summed E-state index contributed by atoms with van der Waals surface area (Å²) in [6.07, 6.45) is 8.59. The molecule has 3 aromatic heterocycles. The Balaban J connectivity index is 1.30. The molecule has 0 atom stereocenters. The van der Waals surface area contributed by atoms with Crippen molar-refractivity contribution in [1.82, 2.24) is 14.4 Å². The quantitative estimate of drug-likeness (QED) is 0.731. The fraction of sp³-hybridized carbons (Fsp3) is 0.350. The molecular weight excluding hydrogens is 324 g/mol. The predicted octanol–water partition coefficient (Wildman–Crippen LogP) is 2.80. The van der Waals surface area contributed by atoms with Crippen molar-refractivity contribution in [1.29, 1.82) is 5.26 Å². The monoisotopic (exact) mass is 344 g/mol. The fourth-order valence-corrected chi connectivity index (χ4v) is 3.60. The summed E-state index contributed by atoms with van der Waals surface area (Å²) >= 11 is 0. The molecule has 6 nitrogen and oxygen atoms in total. The van der Waals surface area contributed by atoms with Crippen LogP contribution in [0.1, 0.15) is 30.0 Å². The van der Waals surface area contributed by atoms with Crippen molar-refractivity contribution in [2.24, 2.45) is 0 Å². The van der Waals surface area contributed by atoms with Gasteiger partial charge in [-0.05, 0) is 37.1 Å². The molecule has 5 rings (SSSR count). The van der Waals surface area contributed by atoms with Gasteiger partial charge in [-0.3, -0.25) is 0 Å². The van der Waals surface area contributed by atoms with Gasteiger partial charge in [0.2, 0.25) is 0 Å². The second-order valence-corrected chi connectivity index (χ2v) is 7.08. The minimum absolute atomic E-state index is 0.603. The summed E-state index contributed by atoms with van der Waals surface area (Å²) in [4.78, 5) is 13.8. The molecule has 2 aliphatic rings. The van der Waals surface area contributed by atoms with E-state index >= 15 is 0 Å². The number of anilines is 2. The molecule has 0 bridgehead atoms. The first-order valence-corrected chi connectivity index (χ1v) is 9.15. The normalized spacial score (nSPS) is 17.5. The molecular formula is C20H20N6. The Labute approximate surface area is 152 Å². The Kier molecular flexibility index (Phi) is 3.52. The van der Waals surface area contributed by atoms with Crippen LogP contribution in [0.15, 0.2) is 42.9 Å². The summed E-state index contributed by atoms with van der Waals surface area (Å²) in [7, 11) is 0. The number of nitrogens with zero attached hydrogens (tertiary/aromatic N) is 6. The van der Waals surface area contributed by atoms with Gasteiger partial charge in [0, 0.05) is 50.7 Å². The summed E-state index contributed by atoms with van der Waals surface area (Å²) in [6, 6.07) is 10.2. The zero-order valence-electron chi connectivity index (χ0n) is 14.5. The third-order valence-corrected chi connectivity index (χ3v) is 5.30. The van der Waals surface area contributed by atoms with Crippen LogP contribution in [0.3, 0.4) is 0 Å². The van der Waals surface area contributed by atoms with Crippen molar-refractivity contribution in [3.05, 3.63) is 54.1 Å². The molecule has 1 saturated carbocycles. The molecule has 3 aromatic rings. The number of hydrogen-bond acceptors (Lipinski definition) is 5. The lowest BCUT2D eigenvalue weighted by atomic mass is 10.2. The summed E-state index contributed by atoms with van der Waals surface area (Å²) in [5.74, 6) is 1.63. The van der Waals surface area contributed by atoms with E-state index in [1.807, 2.05) is 12.1 Å². The number of imidazole rings is 1. The average molecular weight is 344 g/mol. The number of hydrogen-bond donors (Lipinski definition) is 0. The number of aromatic nitrogens is 3. The Morgan fingerprint density at radius 3 is 2.46 bits per heavy atom. The highest BCUT2D eigenvalue weighted by molar-refractivity contribution is 5.54. The third kappa shape index (κ3) is 2.76. The predicted molar refractivity (Wildman–Crippen MR) is 101 cm³/mol. The number of piperazine rings is 1. The second-order valence-electron chi connectivity index (χ2n) is 7.08. The van der Waals surface area contributed by atoms with E-state index in [0.29, 0.717) is 11.5 Å². The van der Waals surface area contributed by atoms with E-state index in [1.165, 1.54) is 24.2 Å². The van der Waals surface area contributed by atoms with Crippen LogP contribution in [-0.4, -0.2) is 40.5 Å². The van der Waals surface area contributed by atoms with Gasteiger partial charge in [0.1, 0.15) is 17.5 Å². The van der Waals surface area contributed by atoms with Crippen molar-refractivity contribution in [2.75, 3.05) is 36.0 Å². The van der Waals surface area contributed by atoms with E-state index in [-0.39, 0.29) is 0 Å². The standard InChI is InChI=1S/C20H20N6/c21-11-15-1-5-19(22-12-15)25-9-7-24(8-10-25)17-4-6-20-23-18(16-2-3-16)14-26(20)13-17/h1,4-6,12-14,16H,2-3,7-10H2. The first-order chi connectivity index (χ1) is 12.8. The van der Waals surface area contributed by atoms with Crippen LogP contribution in [0.4, 0.5) is 11.5 Å². The van der Waals surface area contributed by atoms with Crippen LogP contribution in [0, 0.1) is 11.3 Å². The maximum Gasteiger partial charge on any atom is 0.137 e. The summed E-state index contributed by atoms with van der Waals surface area (Å²) in [6.45, 7) is 3.76. The maximum atomic E-state index is 8.89. The molecule has 4 heterocycles. The van der Waals surface area contributed by atoms with Crippen molar-refractivity contribution in [3.8, 4) is 6.07 Å². The Morgan fingerprint density at radius 2 is 1.77 bits per heavy atom. The SMILES string of the molecule is N#Cc1ccc(N2CCN(c3ccc4nc(C5CC5)cn4c3)CC2)nc1. The number of fused-ring (bicyclic) bond motifs is 1. The topological polar surface area (TPSA) is 60.5 Å². The summed E-state index contributed by atoms with van der Waals surface area (Å²) < 4.78 is 2.16. The molecule has 130 valence electrons. The van der Waals surface area contributed by atoms with Crippen LogP contribution >= 0.6 is 0 Å². The van der Waals surface area contributed by atoms with Gasteiger partial charge in [-0.2, -0.15) is 5.26 Å².